The summed E-state index contributed by atoms with van der Waals surface area (Å²) in [7, 11) is 0. The first-order valence-electron chi connectivity index (χ1n) is 5.78. The van der Waals surface area contributed by atoms with Crippen molar-refractivity contribution >= 4 is 17.2 Å². The maximum Gasteiger partial charge on any atom is 0.264 e. The van der Waals surface area contributed by atoms with Gasteiger partial charge in [-0.05, 0) is 17.5 Å². The summed E-state index contributed by atoms with van der Waals surface area (Å²) >= 11 is 1.47. The zero-order chi connectivity index (χ0) is 12.4. The number of aromatic amines is 1. The highest BCUT2D eigenvalue weighted by atomic mass is 32.1. The molecular weight excluding hydrogens is 250 g/mol. The summed E-state index contributed by atoms with van der Waals surface area (Å²) in [5.41, 5.74) is 0.916. The lowest BCUT2D eigenvalue weighted by Crippen LogP contribution is -2.43. The van der Waals surface area contributed by atoms with Crippen LogP contribution in [-0.4, -0.2) is 40.8 Å². The molecule has 5 nitrogen and oxygen atoms in total. The van der Waals surface area contributed by atoms with Gasteiger partial charge in [0.25, 0.3) is 5.91 Å². The number of nitrogens with zero attached hydrogens (tertiary/aromatic N) is 2. The Kier molecular flexibility index (Phi) is 3.12. The van der Waals surface area contributed by atoms with Crippen LogP contribution in [0.25, 0.3) is 0 Å². The Morgan fingerprint density at radius 1 is 1.56 bits per heavy atom. The van der Waals surface area contributed by atoms with Gasteiger partial charge in [0.05, 0.1) is 29.8 Å². The van der Waals surface area contributed by atoms with Crippen LogP contribution >= 0.6 is 11.3 Å². The van der Waals surface area contributed by atoms with Crippen molar-refractivity contribution in [3.8, 4) is 0 Å². The van der Waals surface area contributed by atoms with Crippen LogP contribution in [0, 0.1) is 0 Å². The fraction of sp³-hybridized carbons (Fsp3) is 0.333. The monoisotopic (exact) mass is 263 g/mol. The first-order valence-corrected chi connectivity index (χ1v) is 6.66. The van der Waals surface area contributed by atoms with Crippen LogP contribution in [0.1, 0.15) is 21.4 Å². The van der Waals surface area contributed by atoms with E-state index in [2.05, 4.69) is 10.2 Å². The van der Waals surface area contributed by atoms with Gasteiger partial charge in [-0.2, -0.15) is 5.10 Å². The van der Waals surface area contributed by atoms with E-state index in [0.29, 0.717) is 19.8 Å². The number of aromatic nitrogens is 2. The molecule has 6 heteroatoms. The van der Waals surface area contributed by atoms with E-state index in [4.69, 9.17) is 4.74 Å². The topological polar surface area (TPSA) is 58.2 Å². The van der Waals surface area contributed by atoms with E-state index < -0.39 is 0 Å². The van der Waals surface area contributed by atoms with Gasteiger partial charge in [0, 0.05) is 12.7 Å². The lowest BCUT2D eigenvalue weighted by Gasteiger charge is -2.34. The van der Waals surface area contributed by atoms with Gasteiger partial charge in [0.15, 0.2) is 0 Å². The van der Waals surface area contributed by atoms with Crippen molar-refractivity contribution in [1.29, 1.82) is 0 Å². The molecule has 1 N–H and O–H groups in total. The molecule has 18 heavy (non-hydrogen) atoms. The predicted octanol–water partition coefficient (Wildman–Crippen LogP) is 1.68. The van der Waals surface area contributed by atoms with Crippen molar-refractivity contribution in [1.82, 2.24) is 15.1 Å². The third-order valence-corrected chi connectivity index (χ3v) is 3.86. The number of ether oxygens (including phenoxy) is 1. The molecule has 0 spiro atoms. The highest BCUT2D eigenvalue weighted by Crippen LogP contribution is 2.25. The molecule has 0 saturated carbocycles. The van der Waals surface area contributed by atoms with Gasteiger partial charge in [-0.25, -0.2) is 0 Å². The molecule has 1 amide bonds. The molecule has 2 aromatic heterocycles. The molecule has 1 fully saturated rings. The van der Waals surface area contributed by atoms with E-state index in [1.54, 1.807) is 6.20 Å². The lowest BCUT2D eigenvalue weighted by atomic mass is 10.1. The van der Waals surface area contributed by atoms with E-state index in [-0.39, 0.29) is 11.9 Å². The highest BCUT2D eigenvalue weighted by Gasteiger charge is 2.30. The Bertz CT molecular complexity index is 509. The van der Waals surface area contributed by atoms with E-state index in [1.165, 1.54) is 11.3 Å². The maximum absolute atomic E-state index is 12.4. The number of hydrogen-bond donors (Lipinski definition) is 1. The lowest BCUT2D eigenvalue weighted by molar-refractivity contribution is -0.00364. The average Bonchev–Trinajstić information content (AvgIpc) is 3.11. The minimum absolute atomic E-state index is 0.0629. The Hall–Kier alpha value is -1.66. The van der Waals surface area contributed by atoms with Crippen LogP contribution in [0.15, 0.2) is 29.8 Å². The van der Waals surface area contributed by atoms with Crippen LogP contribution in [0.4, 0.5) is 0 Å². The normalized spacial score (nSPS) is 20.0. The SMILES string of the molecule is O=C(c1cccs1)N1CCOC[C@H]1c1ccn[nH]1. The number of H-pyrrole nitrogens is 1. The Morgan fingerprint density at radius 2 is 2.50 bits per heavy atom. The van der Waals surface area contributed by atoms with Crippen molar-refractivity contribution in [2.75, 3.05) is 19.8 Å². The van der Waals surface area contributed by atoms with Crippen LogP contribution in [0.3, 0.4) is 0 Å². The molecule has 94 valence electrons. The number of amides is 1. The zero-order valence-corrected chi connectivity index (χ0v) is 10.5. The smallest absolute Gasteiger partial charge is 0.264 e. The quantitative estimate of drug-likeness (QED) is 0.897. The highest BCUT2D eigenvalue weighted by molar-refractivity contribution is 7.12. The average molecular weight is 263 g/mol. The zero-order valence-electron chi connectivity index (χ0n) is 9.70. The standard InChI is InChI=1S/C12H13N3O2S/c16-12(11-2-1-7-18-11)15-5-6-17-8-10(15)9-3-4-13-14-9/h1-4,7,10H,5-6,8H2,(H,13,14)/t10-/m0/s1. The van der Waals surface area contributed by atoms with Crippen LogP contribution in [0.5, 0.6) is 0 Å². The number of morpholine rings is 1. The van der Waals surface area contributed by atoms with E-state index >= 15 is 0 Å². The molecule has 3 heterocycles. The van der Waals surface area contributed by atoms with Crippen LogP contribution in [0.2, 0.25) is 0 Å². The molecule has 0 unspecified atom stereocenters. The van der Waals surface area contributed by atoms with Gasteiger partial charge in [-0.15, -0.1) is 11.3 Å². The summed E-state index contributed by atoms with van der Waals surface area (Å²) in [5, 5.41) is 8.77. The van der Waals surface area contributed by atoms with Crippen molar-refractivity contribution in [2.45, 2.75) is 6.04 Å². The second-order valence-corrected chi connectivity index (χ2v) is 5.03. The van der Waals surface area contributed by atoms with E-state index in [0.717, 1.165) is 10.6 Å². The number of carbonyl (C=O) groups excluding carboxylic acids is 1. The number of rotatable bonds is 2. The molecule has 0 aliphatic carbocycles. The molecule has 1 atom stereocenters. The Morgan fingerprint density at radius 3 is 3.22 bits per heavy atom. The molecule has 1 aliphatic rings. The van der Waals surface area contributed by atoms with Crippen LogP contribution in [-0.2, 0) is 4.74 Å². The summed E-state index contributed by atoms with van der Waals surface area (Å²) < 4.78 is 5.47. The van der Waals surface area contributed by atoms with Gasteiger partial charge in [-0.3, -0.25) is 9.89 Å². The largest absolute Gasteiger partial charge is 0.377 e. The maximum atomic E-state index is 12.4. The molecule has 0 radical (unpaired) electrons. The number of carbonyl (C=O) groups is 1. The molecule has 1 aliphatic heterocycles. The second-order valence-electron chi connectivity index (χ2n) is 4.08. The van der Waals surface area contributed by atoms with Gasteiger partial charge in [0.2, 0.25) is 0 Å². The fourth-order valence-electron chi connectivity index (χ4n) is 2.10. The third kappa shape index (κ3) is 2.04. The van der Waals surface area contributed by atoms with Gasteiger partial charge >= 0.3 is 0 Å². The van der Waals surface area contributed by atoms with E-state index in [9.17, 15) is 4.79 Å². The summed E-state index contributed by atoms with van der Waals surface area (Å²) in [6.07, 6.45) is 1.69. The first kappa shape index (κ1) is 11.4. The summed E-state index contributed by atoms with van der Waals surface area (Å²) in [6.45, 7) is 1.71. The van der Waals surface area contributed by atoms with Gasteiger partial charge in [0.1, 0.15) is 0 Å². The van der Waals surface area contributed by atoms with E-state index in [1.807, 2.05) is 28.5 Å². The summed E-state index contributed by atoms with van der Waals surface area (Å²) in [5.74, 6) is 0.0629. The second kappa shape index (κ2) is 4.91. The van der Waals surface area contributed by atoms with Crippen LogP contribution < -0.4 is 0 Å². The molecule has 0 aromatic carbocycles. The predicted molar refractivity (Wildman–Crippen MR) is 67.5 cm³/mol. The molecule has 2 aromatic rings. The Balaban J connectivity index is 1.86. The van der Waals surface area contributed by atoms with Crippen molar-refractivity contribution in [3.05, 3.63) is 40.3 Å². The molecule has 1 saturated heterocycles. The Labute approximate surface area is 108 Å². The first-order chi connectivity index (χ1) is 8.86. The number of hydrogen-bond acceptors (Lipinski definition) is 4. The van der Waals surface area contributed by atoms with Gasteiger partial charge in [-0.1, -0.05) is 6.07 Å². The van der Waals surface area contributed by atoms with Crippen molar-refractivity contribution < 1.29 is 9.53 Å². The summed E-state index contributed by atoms with van der Waals surface area (Å²) in [4.78, 5) is 15.0. The number of thiophene rings is 1. The third-order valence-electron chi connectivity index (χ3n) is 3.00. The molecule has 0 bridgehead atoms. The van der Waals surface area contributed by atoms with Gasteiger partial charge < -0.3 is 9.64 Å². The molecule has 3 rings (SSSR count). The fourth-order valence-corrected chi connectivity index (χ4v) is 2.78. The van der Waals surface area contributed by atoms with Crippen molar-refractivity contribution in [3.63, 3.8) is 0 Å². The van der Waals surface area contributed by atoms with Crippen molar-refractivity contribution in [2.24, 2.45) is 0 Å². The minimum Gasteiger partial charge on any atom is -0.377 e. The minimum atomic E-state index is -0.0733. The molecular formula is C12H13N3O2S. The summed E-state index contributed by atoms with van der Waals surface area (Å²) in [6, 6.07) is 5.56. The number of nitrogens with one attached hydrogen (secondary N) is 1.